The number of nitrogens with zero attached hydrogens (tertiary/aromatic N) is 1. The number of H-pyrrole nitrogens is 1. The summed E-state index contributed by atoms with van der Waals surface area (Å²) in [7, 11) is -3.61. The summed E-state index contributed by atoms with van der Waals surface area (Å²) in [6, 6.07) is 0. The number of hydrogen-bond acceptors (Lipinski definition) is 5. The van der Waals surface area contributed by atoms with Crippen molar-refractivity contribution in [2.45, 2.75) is 18.5 Å². The minimum atomic E-state index is -3.61. The second-order valence-corrected chi connectivity index (χ2v) is 5.21. The quantitative estimate of drug-likeness (QED) is 0.668. The van der Waals surface area contributed by atoms with Gasteiger partial charge in [-0.25, -0.2) is 13.4 Å². The number of rotatable bonds is 3. The summed E-state index contributed by atoms with van der Waals surface area (Å²) in [4.78, 5) is 27.6. The van der Waals surface area contributed by atoms with Crippen LogP contribution in [0.3, 0.4) is 0 Å². The topological polar surface area (TPSA) is 117 Å². The number of nitrogens with one attached hydrogen (secondary N) is 1. The molecule has 0 aliphatic carbocycles. The highest BCUT2D eigenvalue weighted by atomic mass is 32.2. The van der Waals surface area contributed by atoms with E-state index in [1.54, 1.807) is 0 Å². The van der Waals surface area contributed by atoms with E-state index in [-0.39, 0.29) is 11.3 Å². The van der Waals surface area contributed by atoms with Crippen LogP contribution in [0.15, 0.2) is 9.95 Å². The van der Waals surface area contributed by atoms with Gasteiger partial charge in [0.25, 0.3) is 5.56 Å². The standard InChI is InChI=1S/C8H10N2O5S/c1-4-5(3-6(11)12)7(13)10-8(9-4)16(2,14)15/h3H2,1-2H3,(H,11,12)(H,9,10,13). The highest BCUT2D eigenvalue weighted by Gasteiger charge is 2.16. The van der Waals surface area contributed by atoms with Crippen molar-refractivity contribution in [3.63, 3.8) is 0 Å². The van der Waals surface area contributed by atoms with E-state index in [1.807, 2.05) is 4.98 Å². The molecule has 1 aromatic rings. The summed E-state index contributed by atoms with van der Waals surface area (Å²) >= 11 is 0. The van der Waals surface area contributed by atoms with E-state index in [4.69, 9.17) is 5.11 Å². The van der Waals surface area contributed by atoms with E-state index in [9.17, 15) is 18.0 Å². The summed E-state index contributed by atoms with van der Waals surface area (Å²) in [5.41, 5.74) is -0.679. The van der Waals surface area contributed by atoms with Crippen LogP contribution in [0.25, 0.3) is 0 Å². The van der Waals surface area contributed by atoms with Gasteiger partial charge in [0.1, 0.15) is 0 Å². The molecule has 0 radical (unpaired) electrons. The minimum Gasteiger partial charge on any atom is -0.481 e. The lowest BCUT2D eigenvalue weighted by Crippen LogP contribution is -2.23. The van der Waals surface area contributed by atoms with Crippen molar-refractivity contribution >= 4 is 15.8 Å². The Bertz CT molecular complexity index is 587. The van der Waals surface area contributed by atoms with Gasteiger partial charge in [0.15, 0.2) is 0 Å². The molecule has 2 N–H and O–H groups in total. The zero-order valence-corrected chi connectivity index (χ0v) is 9.46. The van der Waals surface area contributed by atoms with Crippen molar-refractivity contribution in [3.8, 4) is 0 Å². The predicted octanol–water partition coefficient (Wildman–Crippen LogP) is -0.891. The van der Waals surface area contributed by atoms with E-state index in [2.05, 4.69) is 4.98 Å². The Morgan fingerprint density at radius 2 is 2.06 bits per heavy atom. The van der Waals surface area contributed by atoms with Gasteiger partial charge in [-0.2, -0.15) is 0 Å². The Morgan fingerprint density at radius 3 is 2.44 bits per heavy atom. The fourth-order valence-corrected chi connectivity index (χ4v) is 1.70. The summed E-state index contributed by atoms with van der Waals surface area (Å²) in [6.07, 6.45) is 0.416. The third-order valence-corrected chi connectivity index (χ3v) is 2.78. The molecular formula is C8H10N2O5S. The molecule has 0 atom stereocenters. The van der Waals surface area contributed by atoms with E-state index in [0.29, 0.717) is 0 Å². The molecule has 1 rings (SSSR count). The van der Waals surface area contributed by atoms with Gasteiger partial charge in [0, 0.05) is 17.5 Å². The van der Waals surface area contributed by atoms with Gasteiger partial charge in [-0.1, -0.05) is 0 Å². The highest BCUT2D eigenvalue weighted by Crippen LogP contribution is 2.04. The first-order chi connectivity index (χ1) is 7.21. The van der Waals surface area contributed by atoms with Crippen molar-refractivity contribution in [1.82, 2.24) is 9.97 Å². The Morgan fingerprint density at radius 1 is 1.50 bits per heavy atom. The first-order valence-electron chi connectivity index (χ1n) is 4.23. The maximum atomic E-state index is 11.4. The van der Waals surface area contributed by atoms with Crippen molar-refractivity contribution < 1.29 is 18.3 Å². The number of aromatic nitrogens is 2. The van der Waals surface area contributed by atoms with Gasteiger partial charge in [0.2, 0.25) is 15.0 Å². The smallest absolute Gasteiger partial charge is 0.308 e. The molecule has 0 unspecified atom stereocenters. The van der Waals surface area contributed by atoms with Crippen LogP contribution in [0.5, 0.6) is 0 Å². The molecule has 0 spiro atoms. The number of carboxylic acid groups (broad SMARTS) is 1. The van der Waals surface area contributed by atoms with Crippen LogP contribution in [0.2, 0.25) is 0 Å². The Kier molecular flexibility index (Phi) is 3.13. The molecule has 0 aromatic carbocycles. The van der Waals surface area contributed by atoms with Gasteiger partial charge in [-0.3, -0.25) is 14.6 Å². The number of aryl methyl sites for hydroxylation is 1. The first kappa shape index (κ1) is 12.4. The number of carbonyl (C=O) groups is 1. The van der Waals surface area contributed by atoms with Gasteiger partial charge in [-0.05, 0) is 6.92 Å². The molecule has 88 valence electrons. The largest absolute Gasteiger partial charge is 0.481 e. The predicted molar refractivity (Wildman–Crippen MR) is 54.0 cm³/mol. The maximum Gasteiger partial charge on any atom is 0.308 e. The molecule has 0 aliphatic rings. The van der Waals surface area contributed by atoms with Crippen molar-refractivity contribution in [3.05, 3.63) is 21.6 Å². The molecule has 0 amide bonds. The number of carboxylic acids is 1. The van der Waals surface area contributed by atoms with Gasteiger partial charge < -0.3 is 5.11 Å². The van der Waals surface area contributed by atoms with Crippen LogP contribution in [0.1, 0.15) is 11.3 Å². The molecule has 0 fully saturated rings. The SMILES string of the molecule is Cc1nc(S(C)(=O)=O)[nH]c(=O)c1CC(=O)O. The molecule has 0 saturated heterocycles. The Balaban J connectivity index is 3.40. The molecule has 1 heterocycles. The third-order valence-electron chi connectivity index (χ3n) is 1.88. The van der Waals surface area contributed by atoms with Crippen LogP contribution in [-0.4, -0.2) is 35.7 Å². The van der Waals surface area contributed by atoms with E-state index < -0.39 is 32.9 Å². The van der Waals surface area contributed by atoms with E-state index in [0.717, 1.165) is 6.26 Å². The van der Waals surface area contributed by atoms with E-state index >= 15 is 0 Å². The lowest BCUT2D eigenvalue weighted by molar-refractivity contribution is -0.136. The monoisotopic (exact) mass is 246 g/mol. The fourth-order valence-electron chi connectivity index (χ4n) is 1.12. The molecule has 1 aromatic heterocycles. The zero-order valence-electron chi connectivity index (χ0n) is 8.64. The Hall–Kier alpha value is -1.70. The second kappa shape index (κ2) is 4.05. The fraction of sp³-hybridized carbons (Fsp3) is 0.375. The van der Waals surface area contributed by atoms with Gasteiger partial charge in [-0.15, -0.1) is 0 Å². The molecule has 0 aliphatic heterocycles. The number of hydrogen-bond donors (Lipinski definition) is 2. The average molecular weight is 246 g/mol. The summed E-state index contributed by atoms with van der Waals surface area (Å²) in [5, 5.41) is 8.09. The van der Waals surface area contributed by atoms with Crippen LogP contribution >= 0.6 is 0 Å². The lowest BCUT2D eigenvalue weighted by atomic mass is 10.2. The summed E-state index contributed by atoms with van der Waals surface area (Å²) in [5.74, 6) is -1.18. The molecule has 0 saturated carbocycles. The number of aliphatic carboxylic acids is 1. The second-order valence-electron chi connectivity index (χ2n) is 3.28. The Labute approximate surface area is 91.1 Å². The number of sulfone groups is 1. The molecule has 7 nitrogen and oxygen atoms in total. The maximum absolute atomic E-state index is 11.4. The van der Waals surface area contributed by atoms with Crippen molar-refractivity contribution in [2.24, 2.45) is 0 Å². The van der Waals surface area contributed by atoms with Crippen molar-refractivity contribution in [1.29, 1.82) is 0 Å². The van der Waals surface area contributed by atoms with Crippen LogP contribution < -0.4 is 5.56 Å². The van der Waals surface area contributed by atoms with Crippen LogP contribution in [-0.2, 0) is 21.1 Å². The van der Waals surface area contributed by atoms with E-state index in [1.165, 1.54) is 6.92 Å². The average Bonchev–Trinajstić information content (AvgIpc) is 2.09. The zero-order chi connectivity index (χ0) is 12.5. The third kappa shape index (κ3) is 2.66. The molecule has 16 heavy (non-hydrogen) atoms. The normalized spacial score (nSPS) is 11.4. The van der Waals surface area contributed by atoms with Crippen LogP contribution in [0, 0.1) is 6.92 Å². The van der Waals surface area contributed by atoms with Crippen LogP contribution in [0.4, 0.5) is 0 Å². The van der Waals surface area contributed by atoms with Gasteiger partial charge >= 0.3 is 5.97 Å². The van der Waals surface area contributed by atoms with Gasteiger partial charge in [0.05, 0.1) is 6.42 Å². The van der Waals surface area contributed by atoms with Crippen molar-refractivity contribution in [2.75, 3.05) is 6.26 Å². The molecular weight excluding hydrogens is 236 g/mol. The first-order valence-corrected chi connectivity index (χ1v) is 6.12. The highest BCUT2D eigenvalue weighted by molar-refractivity contribution is 7.90. The lowest BCUT2D eigenvalue weighted by Gasteiger charge is -2.03. The summed E-state index contributed by atoms with van der Waals surface area (Å²) in [6.45, 7) is 1.39. The molecule has 0 bridgehead atoms. The molecule has 8 heteroatoms. The minimum absolute atomic E-state index is 0.0418. The number of aromatic amines is 1. The summed E-state index contributed by atoms with van der Waals surface area (Å²) < 4.78 is 22.2.